The van der Waals surface area contributed by atoms with Gasteiger partial charge in [0, 0.05) is 0 Å². The molecule has 1 aliphatic heterocycles. The molecule has 0 amide bonds. The third-order valence-electron chi connectivity index (χ3n) is 3.11. The van der Waals surface area contributed by atoms with Crippen LogP contribution in [0.4, 0.5) is 0 Å². The molecule has 2 fully saturated rings. The molecule has 1 saturated heterocycles. The van der Waals surface area contributed by atoms with Crippen molar-refractivity contribution in [2.75, 3.05) is 0 Å². The summed E-state index contributed by atoms with van der Waals surface area (Å²) in [6.45, 7) is 0. The zero-order valence-electron chi connectivity index (χ0n) is 7.60. The van der Waals surface area contributed by atoms with Crippen LogP contribution in [-0.2, 0) is 0 Å². The SMILES string of the molecule is BrC1CCCCC1[Se+]1CCCC1. The van der Waals surface area contributed by atoms with Gasteiger partial charge >= 0.3 is 88.6 Å². The number of rotatable bonds is 1. The summed E-state index contributed by atoms with van der Waals surface area (Å²) in [6, 6.07) is 0. The van der Waals surface area contributed by atoms with Crippen LogP contribution in [0.3, 0.4) is 0 Å². The van der Waals surface area contributed by atoms with Crippen molar-refractivity contribution >= 4 is 29.8 Å². The Balaban J connectivity index is 1.91. The number of hydrogen-bond donors (Lipinski definition) is 0. The molecule has 12 heavy (non-hydrogen) atoms. The first-order chi connectivity index (χ1) is 5.88. The van der Waals surface area contributed by atoms with E-state index in [2.05, 4.69) is 15.9 Å². The molecule has 2 aliphatic rings. The molecule has 70 valence electrons. The molecule has 0 aromatic heterocycles. The Kier molecular flexibility index (Phi) is 3.57. The first-order valence-electron chi connectivity index (χ1n) is 5.18. The Morgan fingerprint density at radius 2 is 1.58 bits per heavy atom. The maximum absolute atomic E-state index is 3.90. The van der Waals surface area contributed by atoms with Gasteiger partial charge in [0.05, 0.1) is 0 Å². The minimum atomic E-state index is -0.133. The monoisotopic (exact) mass is 297 g/mol. The fraction of sp³-hybridized carbons (Fsp3) is 1.00. The maximum atomic E-state index is 3.90. The van der Waals surface area contributed by atoms with Crippen LogP contribution >= 0.6 is 15.9 Å². The van der Waals surface area contributed by atoms with E-state index in [-0.39, 0.29) is 13.9 Å². The standard InChI is InChI=1S/C10H18BrSe/c11-9-5-1-2-6-10(9)12-7-3-4-8-12/h9-10H,1-8H2/q+1. The Hall–Kier alpha value is 0.999. The average Bonchev–Trinajstić information content (AvgIpc) is 2.57. The van der Waals surface area contributed by atoms with E-state index in [1.807, 2.05) is 0 Å². The van der Waals surface area contributed by atoms with E-state index in [0.29, 0.717) is 0 Å². The molecule has 1 heterocycles. The predicted octanol–water partition coefficient (Wildman–Crippen LogP) is 3.98. The van der Waals surface area contributed by atoms with E-state index < -0.39 is 0 Å². The topological polar surface area (TPSA) is 0 Å². The summed E-state index contributed by atoms with van der Waals surface area (Å²) < 4.78 is 0. The molecule has 2 heteroatoms. The molecular formula is C10H18BrSe+. The Morgan fingerprint density at radius 3 is 2.25 bits per heavy atom. The molecule has 0 nitrogen and oxygen atoms in total. The normalized spacial score (nSPS) is 38.8. The Bertz CT molecular complexity index is 143. The van der Waals surface area contributed by atoms with Gasteiger partial charge in [-0.05, 0) is 0 Å². The second kappa shape index (κ2) is 4.48. The predicted molar refractivity (Wildman–Crippen MR) is 59.5 cm³/mol. The number of alkyl halides is 1. The third kappa shape index (κ3) is 2.08. The van der Waals surface area contributed by atoms with Crippen LogP contribution < -0.4 is 0 Å². The van der Waals surface area contributed by atoms with Gasteiger partial charge in [-0.25, -0.2) is 0 Å². The molecule has 0 N–H and O–H groups in total. The Labute approximate surface area is 88.5 Å². The van der Waals surface area contributed by atoms with Crippen LogP contribution in [0.25, 0.3) is 0 Å². The molecule has 2 unspecified atom stereocenters. The van der Waals surface area contributed by atoms with Gasteiger partial charge in [0.2, 0.25) is 0 Å². The van der Waals surface area contributed by atoms with Crippen LogP contribution in [0.1, 0.15) is 38.5 Å². The summed E-state index contributed by atoms with van der Waals surface area (Å²) in [6.07, 6.45) is 9.13. The number of halogens is 1. The van der Waals surface area contributed by atoms with Crippen LogP contribution in [0.2, 0.25) is 15.5 Å². The molecule has 2 atom stereocenters. The zero-order chi connectivity index (χ0) is 8.39. The molecule has 0 bridgehead atoms. The first-order valence-corrected chi connectivity index (χ1v) is 9.51. The van der Waals surface area contributed by atoms with Gasteiger partial charge in [0.15, 0.2) is 0 Å². The van der Waals surface area contributed by atoms with E-state index in [0.717, 1.165) is 9.64 Å². The van der Waals surface area contributed by atoms with E-state index in [1.165, 1.54) is 19.3 Å². The van der Waals surface area contributed by atoms with E-state index >= 15 is 0 Å². The molecule has 0 radical (unpaired) electrons. The van der Waals surface area contributed by atoms with Gasteiger partial charge in [-0.1, -0.05) is 0 Å². The molecular weight excluding hydrogens is 279 g/mol. The molecule has 1 saturated carbocycles. The fourth-order valence-corrected chi connectivity index (χ4v) is 10.9. The van der Waals surface area contributed by atoms with Crippen LogP contribution in [0, 0.1) is 0 Å². The van der Waals surface area contributed by atoms with Crippen molar-refractivity contribution in [1.82, 2.24) is 0 Å². The van der Waals surface area contributed by atoms with E-state index in [9.17, 15) is 0 Å². The van der Waals surface area contributed by atoms with Crippen molar-refractivity contribution in [1.29, 1.82) is 0 Å². The van der Waals surface area contributed by atoms with Gasteiger partial charge in [-0.2, -0.15) is 0 Å². The summed E-state index contributed by atoms with van der Waals surface area (Å²) >= 11 is 3.76. The Morgan fingerprint density at radius 1 is 0.917 bits per heavy atom. The van der Waals surface area contributed by atoms with Crippen LogP contribution in [-0.4, -0.2) is 18.7 Å². The molecule has 2 rings (SSSR count). The first kappa shape index (κ1) is 9.55. The zero-order valence-corrected chi connectivity index (χ0v) is 10.9. The number of hydrogen-bond acceptors (Lipinski definition) is 0. The summed E-state index contributed by atoms with van der Waals surface area (Å²) in [5, 5.41) is 3.29. The van der Waals surface area contributed by atoms with Gasteiger partial charge in [0.25, 0.3) is 0 Å². The second-order valence-electron chi connectivity index (χ2n) is 3.99. The second-order valence-corrected chi connectivity index (χ2v) is 10.4. The fourth-order valence-electron chi connectivity index (χ4n) is 2.41. The molecule has 0 spiro atoms. The minimum absolute atomic E-state index is 0.133. The van der Waals surface area contributed by atoms with Crippen molar-refractivity contribution < 1.29 is 0 Å². The average molecular weight is 297 g/mol. The van der Waals surface area contributed by atoms with Gasteiger partial charge < -0.3 is 0 Å². The van der Waals surface area contributed by atoms with Gasteiger partial charge in [-0.3, -0.25) is 0 Å². The molecule has 0 aromatic rings. The van der Waals surface area contributed by atoms with Crippen molar-refractivity contribution in [3.8, 4) is 0 Å². The summed E-state index contributed by atoms with van der Waals surface area (Å²) in [5.74, 6) is 0. The van der Waals surface area contributed by atoms with Crippen LogP contribution in [0.5, 0.6) is 0 Å². The third-order valence-corrected chi connectivity index (χ3v) is 11.4. The van der Waals surface area contributed by atoms with Crippen LogP contribution in [0.15, 0.2) is 0 Å². The molecule has 1 aliphatic carbocycles. The quantitative estimate of drug-likeness (QED) is 0.507. The summed E-state index contributed by atoms with van der Waals surface area (Å²) in [7, 11) is 0. The van der Waals surface area contributed by atoms with Crippen molar-refractivity contribution in [2.45, 2.75) is 58.8 Å². The van der Waals surface area contributed by atoms with E-state index in [1.54, 1.807) is 29.9 Å². The summed E-state index contributed by atoms with van der Waals surface area (Å²) in [5.41, 5.74) is 0. The van der Waals surface area contributed by atoms with Gasteiger partial charge in [-0.15, -0.1) is 0 Å². The molecule has 0 aromatic carbocycles. The van der Waals surface area contributed by atoms with Gasteiger partial charge in [0.1, 0.15) is 0 Å². The summed E-state index contributed by atoms with van der Waals surface area (Å²) in [4.78, 5) is 2.07. The van der Waals surface area contributed by atoms with Crippen molar-refractivity contribution in [2.24, 2.45) is 0 Å². The van der Waals surface area contributed by atoms with Crippen molar-refractivity contribution in [3.05, 3.63) is 0 Å². The van der Waals surface area contributed by atoms with Crippen molar-refractivity contribution in [3.63, 3.8) is 0 Å². The van der Waals surface area contributed by atoms with E-state index in [4.69, 9.17) is 0 Å².